The number of anilines is 2. The number of aromatic nitrogens is 1. The van der Waals surface area contributed by atoms with Crippen LogP contribution in [0.15, 0.2) is 36.5 Å². The highest BCUT2D eigenvalue weighted by atomic mass is 127. The number of hydroxylamine groups is 2. The Hall–Kier alpha value is -1.82. The van der Waals surface area contributed by atoms with Gasteiger partial charge in [-0.25, -0.2) is 14.4 Å². The molecule has 1 fully saturated rings. The Morgan fingerprint density at radius 3 is 3.04 bits per heavy atom. The lowest BCUT2D eigenvalue weighted by atomic mass is 10.2. The first-order valence-electron chi connectivity index (χ1n) is 7.75. The second-order valence-electron chi connectivity index (χ2n) is 5.73. The van der Waals surface area contributed by atoms with Crippen molar-refractivity contribution >= 4 is 60.7 Å². The van der Waals surface area contributed by atoms with Crippen molar-refractivity contribution in [1.29, 1.82) is 0 Å². The smallest absolute Gasteiger partial charge is 0.281 e. The summed E-state index contributed by atoms with van der Waals surface area (Å²) in [6, 6.07) is 8.34. The molecule has 2 aromatic heterocycles. The minimum Gasteiger partial charge on any atom is -0.389 e. The van der Waals surface area contributed by atoms with Crippen LogP contribution < -0.4 is 5.32 Å². The molecule has 0 spiro atoms. The zero-order valence-electron chi connectivity index (χ0n) is 13.3. The first-order chi connectivity index (χ1) is 12.5. The van der Waals surface area contributed by atoms with E-state index in [4.69, 9.17) is 4.84 Å². The predicted molar refractivity (Wildman–Crippen MR) is 105 cm³/mol. The van der Waals surface area contributed by atoms with Crippen LogP contribution in [0.2, 0.25) is 0 Å². The first-order valence-corrected chi connectivity index (χ1v) is 9.65. The Balaban J connectivity index is 1.77. The Bertz CT molecular complexity index is 997. The van der Waals surface area contributed by atoms with Crippen molar-refractivity contribution in [2.45, 2.75) is 6.10 Å². The number of carbonyl (C=O) groups excluding carboxylic acids is 1. The molecule has 0 saturated carbocycles. The normalized spacial score (nSPS) is 17.0. The van der Waals surface area contributed by atoms with Gasteiger partial charge in [0.05, 0.1) is 17.8 Å². The highest BCUT2D eigenvalue weighted by molar-refractivity contribution is 14.1. The second kappa shape index (κ2) is 7.06. The number of aliphatic hydroxyl groups excluding tert-OH is 1. The van der Waals surface area contributed by atoms with Gasteiger partial charge in [0.2, 0.25) is 0 Å². The molecule has 0 aliphatic carbocycles. The Morgan fingerprint density at radius 2 is 2.31 bits per heavy atom. The Labute approximate surface area is 165 Å². The molecular weight excluding hydrogens is 472 g/mol. The molecule has 26 heavy (non-hydrogen) atoms. The quantitative estimate of drug-likeness (QED) is 0.556. The summed E-state index contributed by atoms with van der Waals surface area (Å²) in [5, 5.41) is 14.9. The van der Waals surface area contributed by atoms with Gasteiger partial charge in [-0.1, -0.05) is 11.3 Å². The third-order valence-corrected chi connectivity index (χ3v) is 5.59. The number of nitrogens with zero attached hydrogens (tertiary/aromatic N) is 2. The lowest BCUT2D eigenvalue weighted by Gasteiger charge is -2.15. The molecule has 0 bridgehead atoms. The summed E-state index contributed by atoms with van der Waals surface area (Å²) < 4.78 is 15.0. The van der Waals surface area contributed by atoms with E-state index < -0.39 is 17.8 Å². The maximum absolute atomic E-state index is 14.2. The van der Waals surface area contributed by atoms with Crippen molar-refractivity contribution in [2.75, 3.05) is 18.5 Å². The third-order valence-electron chi connectivity index (χ3n) is 3.89. The van der Waals surface area contributed by atoms with E-state index in [-0.39, 0.29) is 18.8 Å². The van der Waals surface area contributed by atoms with E-state index in [0.29, 0.717) is 20.8 Å². The summed E-state index contributed by atoms with van der Waals surface area (Å²) in [7, 11) is 0. The molecule has 0 radical (unpaired) electrons. The maximum atomic E-state index is 14.2. The second-order valence-corrected chi connectivity index (χ2v) is 7.97. The number of thiophene rings is 1. The maximum Gasteiger partial charge on any atom is 0.281 e. The number of rotatable bonds is 3. The van der Waals surface area contributed by atoms with Gasteiger partial charge in [-0.05, 0) is 52.9 Å². The van der Waals surface area contributed by atoms with Gasteiger partial charge in [0, 0.05) is 15.2 Å². The van der Waals surface area contributed by atoms with Crippen LogP contribution in [0.4, 0.5) is 15.1 Å². The zero-order valence-corrected chi connectivity index (χ0v) is 16.3. The fraction of sp³-hybridized carbons (Fsp3) is 0.176. The summed E-state index contributed by atoms with van der Waals surface area (Å²) in [5.41, 5.74) is 0.624. The number of nitrogens with one attached hydrogen (secondary N) is 1. The van der Waals surface area contributed by atoms with Crippen LogP contribution in [-0.2, 0) is 4.84 Å². The molecule has 3 aromatic rings. The lowest BCUT2D eigenvalue weighted by molar-refractivity contribution is -0.0777. The zero-order chi connectivity index (χ0) is 18.3. The number of hydrogen-bond acceptors (Lipinski definition) is 6. The first kappa shape index (κ1) is 17.6. The van der Waals surface area contributed by atoms with Gasteiger partial charge < -0.3 is 10.4 Å². The predicted octanol–water partition coefficient (Wildman–Crippen LogP) is 3.53. The van der Waals surface area contributed by atoms with E-state index in [0.717, 1.165) is 8.63 Å². The molecule has 1 aromatic carbocycles. The van der Waals surface area contributed by atoms with E-state index in [2.05, 4.69) is 10.3 Å². The van der Waals surface area contributed by atoms with Crippen molar-refractivity contribution in [1.82, 2.24) is 10.0 Å². The van der Waals surface area contributed by atoms with E-state index in [1.54, 1.807) is 30.5 Å². The van der Waals surface area contributed by atoms with Gasteiger partial charge in [-0.2, -0.15) is 0 Å². The number of fused-ring (bicyclic) bond motifs is 1. The monoisotopic (exact) mass is 485 g/mol. The van der Waals surface area contributed by atoms with Crippen LogP contribution in [-0.4, -0.2) is 40.3 Å². The fourth-order valence-corrected chi connectivity index (χ4v) is 4.19. The molecule has 1 unspecified atom stereocenters. The van der Waals surface area contributed by atoms with Crippen LogP contribution in [0.1, 0.15) is 10.4 Å². The minimum atomic E-state index is -0.716. The van der Waals surface area contributed by atoms with Gasteiger partial charge in [0.15, 0.2) is 0 Å². The highest BCUT2D eigenvalue weighted by Crippen LogP contribution is 2.38. The molecule has 4 rings (SSSR count). The average molecular weight is 485 g/mol. The number of amides is 1. The molecule has 1 amide bonds. The Kier molecular flexibility index (Phi) is 4.78. The Morgan fingerprint density at radius 1 is 1.46 bits per heavy atom. The van der Waals surface area contributed by atoms with Crippen molar-refractivity contribution in [3.63, 3.8) is 0 Å². The molecule has 1 aliphatic rings. The topological polar surface area (TPSA) is 74.7 Å². The molecule has 1 saturated heterocycles. The van der Waals surface area contributed by atoms with Gasteiger partial charge in [0.25, 0.3) is 5.91 Å². The van der Waals surface area contributed by atoms with Gasteiger partial charge in [-0.3, -0.25) is 9.63 Å². The fourth-order valence-electron chi connectivity index (χ4n) is 2.69. The number of pyridine rings is 1. The molecular formula is C17H13FIN3O3S. The van der Waals surface area contributed by atoms with E-state index in [1.165, 1.54) is 17.4 Å². The summed E-state index contributed by atoms with van der Waals surface area (Å²) in [6.07, 6.45) is 0.922. The van der Waals surface area contributed by atoms with Gasteiger partial charge in [-0.15, -0.1) is 0 Å². The summed E-state index contributed by atoms with van der Waals surface area (Å²) in [5.74, 6) is -0.803. The average Bonchev–Trinajstić information content (AvgIpc) is 3.20. The molecule has 1 atom stereocenters. The SMILES string of the molecule is O=C(c1c(Nc2ccc(I)cc2F)sc2ncccc12)N1CC(O)CO1. The van der Waals surface area contributed by atoms with Crippen molar-refractivity contribution in [2.24, 2.45) is 0 Å². The van der Waals surface area contributed by atoms with E-state index in [1.807, 2.05) is 22.6 Å². The summed E-state index contributed by atoms with van der Waals surface area (Å²) in [6.45, 7) is 0.161. The molecule has 134 valence electrons. The van der Waals surface area contributed by atoms with Gasteiger partial charge >= 0.3 is 0 Å². The van der Waals surface area contributed by atoms with Crippen LogP contribution in [0.5, 0.6) is 0 Å². The van der Waals surface area contributed by atoms with E-state index in [9.17, 15) is 14.3 Å². The molecule has 1 aliphatic heterocycles. The molecule has 9 heteroatoms. The largest absolute Gasteiger partial charge is 0.389 e. The van der Waals surface area contributed by atoms with Crippen LogP contribution in [0.25, 0.3) is 10.2 Å². The number of halogens is 2. The number of β-amino-alcohol motifs (C(OH)–C–C–N with tert-alkyl or cyclic N) is 1. The van der Waals surface area contributed by atoms with Crippen molar-refractivity contribution < 1.29 is 19.1 Å². The summed E-state index contributed by atoms with van der Waals surface area (Å²) >= 11 is 3.30. The van der Waals surface area contributed by atoms with Crippen molar-refractivity contribution in [3.8, 4) is 0 Å². The molecule has 2 N–H and O–H groups in total. The number of benzene rings is 1. The van der Waals surface area contributed by atoms with Crippen LogP contribution in [0, 0.1) is 9.39 Å². The van der Waals surface area contributed by atoms with Crippen LogP contribution >= 0.6 is 33.9 Å². The number of carbonyl (C=O) groups is 1. The van der Waals surface area contributed by atoms with Crippen LogP contribution in [0.3, 0.4) is 0 Å². The number of aliphatic hydroxyl groups is 1. The van der Waals surface area contributed by atoms with Gasteiger partial charge in [0.1, 0.15) is 28.4 Å². The lowest BCUT2D eigenvalue weighted by Crippen LogP contribution is -2.28. The molecule has 3 heterocycles. The number of hydrogen-bond donors (Lipinski definition) is 2. The standard InChI is InChI=1S/C17H13FIN3O3S/c18-12-6-9(19)3-4-13(12)21-16-14(11-2-1-5-20-15(11)26-16)17(24)22-7-10(23)8-25-22/h1-6,10,21,23H,7-8H2. The highest BCUT2D eigenvalue weighted by Gasteiger charge is 2.31. The molecule has 6 nitrogen and oxygen atoms in total. The summed E-state index contributed by atoms with van der Waals surface area (Å²) in [4.78, 5) is 23.2. The minimum absolute atomic E-state index is 0.0700. The van der Waals surface area contributed by atoms with E-state index >= 15 is 0 Å². The third kappa shape index (κ3) is 3.27. The van der Waals surface area contributed by atoms with Crippen molar-refractivity contribution in [3.05, 3.63) is 51.5 Å².